The molecule has 0 aliphatic heterocycles. The lowest BCUT2D eigenvalue weighted by atomic mass is 10.1. The van der Waals surface area contributed by atoms with E-state index in [1.54, 1.807) is 0 Å². The van der Waals surface area contributed by atoms with Crippen LogP contribution in [-0.4, -0.2) is 15.9 Å². The number of nitrogens with two attached hydrogens (primary N) is 1. The van der Waals surface area contributed by atoms with Crippen LogP contribution in [0.1, 0.15) is 18.9 Å². The maximum absolute atomic E-state index is 11.9. The maximum atomic E-state index is 11.9. The van der Waals surface area contributed by atoms with Crippen molar-refractivity contribution in [1.29, 1.82) is 0 Å². The Morgan fingerprint density at radius 1 is 1.38 bits per heavy atom. The third-order valence-corrected chi connectivity index (χ3v) is 4.03. The third kappa shape index (κ3) is 3.45. The fraction of sp³-hybridized carbons (Fsp3) is 0.417. The lowest BCUT2D eigenvalue weighted by molar-refractivity contribution is -0.121. The second kappa shape index (κ2) is 5.80. The molecule has 0 spiro atoms. The van der Waals surface area contributed by atoms with Crippen LogP contribution in [-0.2, 0) is 15.6 Å². The number of carbonyl (C=O) groups excluding carboxylic acids is 1. The van der Waals surface area contributed by atoms with E-state index in [4.69, 9.17) is 5.73 Å². The van der Waals surface area contributed by atoms with Gasteiger partial charge in [0.15, 0.2) is 0 Å². The van der Waals surface area contributed by atoms with Crippen LogP contribution in [0.5, 0.6) is 0 Å². The van der Waals surface area contributed by atoms with Crippen LogP contribution < -0.4 is 5.73 Å². The largest absolute Gasteiger partial charge is 0.369 e. The van der Waals surface area contributed by atoms with Gasteiger partial charge in [0.25, 0.3) is 0 Å². The maximum Gasteiger partial charge on any atom is 0.221 e. The standard InChI is InChI=1S/C12H17NO2S/c1-3-10(12(13)14)8-16(15)11-6-4-9(2)5-7-11/h4-7,10H,3,8H2,1-2H3,(H2,13,14)/t10-,16?/m1/s1. The molecule has 1 unspecified atom stereocenters. The van der Waals surface area contributed by atoms with Crippen molar-refractivity contribution in [3.8, 4) is 0 Å². The highest BCUT2D eigenvalue weighted by Gasteiger charge is 2.17. The first-order chi connectivity index (χ1) is 7.54. The fourth-order valence-electron chi connectivity index (χ4n) is 1.37. The average molecular weight is 239 g/mol. The summed E-state index contributed by atoms with van der Waals surface area (Å²) in [6, 6.07) is 7.50. The molecule has 0 heterocycles. The van der Waals surface area contributed by atoms with E-state index < -0.39 is 10.8 Å². The van der Waals surface area contributed by atoms with E-state index in [2.05, 4.69) is 0 Å². The summed E-state index contributed by atoms with van der Waals surface area (Å²) in [7, 11) is -1.14. The Morgan fingerprint density at radius 2 is 1.94 bits per heavy atom. The summed E-state index contributed by atoms with van der Waals surface area (Å²) in [4.78, 5) is 11.8. The van der Waals surface area contributed by atoms with Crippen LogP contribution in [0.15, 0.2) is 29.2 Å². The Kier molecular flexibility index (Phi) is 4.68. The third-order valence-electron chi connectivity index (χ3n) is 2.53. The molecule has 2 atom stereocenters. The monoisotopic (exact) mass is 239 g/mol. The zero-order valence-electron chi connectivity index (χ0n) is 9.60. The number of hydrogen-bond donors (Lipinski definition) is 1. The van der Waals surface area contributed by atoms with Crippen molar-refractivity contribution in [3.63, 3.8) is 0 Å². The molecule has 4 heteroatoms. The van der Waals surface area contributed by atoms with E-state index >= 15 is 0 Å². The molecule has 16 heavy (non-hydrogen) atoms. The molecule has 0 aliphatic rings. The van der Waals surface area contributed by atoms with Crippen LogP contribution in [0.25, 0.3) is 0 Å². The Balaban J connectivity index is 2.71. The van der Waals surface area contributed by atoms with Crippen LogP contribution in [0.3, 0.4) is 0 Å². The molecule has 1 rings (SSSR count). The van der Waals surface area contributed by atoms with Crippen LogP contribution in [0.4, 0.5) is 0 Å². The van der Waals surface area contributed by atoms with E-state index in [9.17, 15) is 9.00 Å². The molecule has 0 aliphatic carbocycles. The first-order valence-electron chi connectivity index (χ1n) is 5.29. The molecule has 0 radical (unpaired) electrons. The SMILES string of the molecule is CC[C@H](CS(=O)c1ccc(C)cc1)C(N)=O. The minimum atomic E-state index is -1.14. The lowest BCUT2D eigenvalue weighted by Gasteiger charge is -2.10. The predicted octanol–water partition coefficient (Wildman–Crippen LogP) is 1.61. The second-order valence-electron chi connectivity index (χ2n) is 3.83. The van der Waals surface area contributed by atoms with E-state index in [1.165, 1.54) is 0 Å². The van der Waals surface area contributed by atoms with Crippen molar-refractivity contribution >= 4 is 16.7 Å². The van der Waals surface area contributed by atoms with Crippen molar-refractivity contribution in [1.82, 2.24) is 0 Å². The normalized spacial score (nSPS) is 14.4. The van der Waals surface area contributed by atoms with Gasteiger partial charge in [-0.05, 0) is 25.5 Å². The van der Waals surface area contributed by atoms with Crippen molar-refractivity contribution in [3.05, 3.63) is 29.8 Å². The molecule has 1 aromatic rings. The molecule has 88 valence electrons. The number of benzene rings is 1. The molecule has 3 nitrogen and oxygen atoms in total. The quantitative estimate of drug-likeness (QED) is 0.848. The molecule has 1 aromatic carbocycles. The zero-order valence-corrected chi connectivity index (χ0v) is 10.4. The highest BCUT2D eigenvalue weighted by atomic mass is 32.2. The summed E-state index contributed by atoms with van der Waals surface area (Å²) < 4.78 is 11.9. The van der Waals surface area contributed by atoms with Gasteiger partial charge in [0, 0.05) is 16.6 Å². The van der Waals surface area contributed by atoms with Gasteiger partial charge in [-0.2, -0.15) is 0 Å². The van der Waals surface area contributed by atoms with Gasteiger partial charge in [-0.3, -0.25) is 9.00 Å². The van der Waals surface area contributed by atoms with E-state index in [0.717, 1.165) is 10.5 Å². The summed E-state index contributed by atoms with van der Waals surface area (Å²) in [6.07, 6.45) is 0.632. The van der Waals surface area contributed by atoms with Gasteiger partial charge in [-0.15, -0.1) is 0 Å². The number of carbonyl (C=O) groups is 1. The van der Waals surface area contributed by atoms with Gasteiger partial charge < -0.3 is 5.73 Å². The van der Waals surface area contributed by atoms with Crippen LogP contribution in [0, 0.1) is 12.8 Å². The molecule has 0 aromatic heterocycles. The topological polar surface area (TPSA) is 60.2 Å². The summed E-state index contributed by atoms with van der Waals surface area (Å²) in [5, 5.41) is 0. The molecular formula is C12H17NO2S. The smallest absolute Gasteiger partial charge is 0.221 e. The average Bonchev–Trinajstić information content (AvgIpc) is 2.26. The summed E-state index contributed by atoms with van der Waals surface area (Å²) >= 11 is 0. The summed E-state index contributed by atoms with van der Waals surface area (Å²) in [5.74, 6) is -0.361. The number of hydrogen-bond acceptors (Lipinski definition) is 2. The minimum absolute atomic E-state index is 0.304. The van der Waals surface area contributed by atoms with Gasteiger partial charge in [-0.1, -0.05) is 24.6 Å². The predicted molar refractivity (Wildman–Crippen MR) is 65.4 cm³/mol. The Morgan fingerprint density at radius 3 is 2.38 bits per heavy atom. The molecule has 1 amide bonds. The Bertz CT molecular complexity index is 387. The second-order valence-corrected chi connectivity index (χ2v) is 5.33. The molecule has 0 bridgehead atoms. The van der Waals surface area contributed by atoms with Gasteiger partial charge in [-0.25, -0.2) is 0 Å². The Hall–Kier alpha value is -1.16. The first-order valence-corrected chi connectivity index (χ1v) is 6.60. The fourth-order valence-corrected chi connectivity index (χ4v) is 2.77. The molecule has 2 N–H and O–H groups in total. The Labute approximate surface area is 98.5 Å². The zero-order chi connectivity index (χ0) is 12.1. The molecule has 0 saturated carbocycles. The number of primary amides is 1. The van der Waals surface area contributed by atoms with E-state index in [-0.39, 0.29) is 11.8 Å². The highest BCUT2D eigenvalue weighted by molar-refractivity contribution is 7.85. The number of aryl methyl sites for hydroxylation is 1. The first kappa shape index (κ1) is 12.9. The van der Waals surface area contributed by atoms with Crippen molar-refractivity contribution in [2.75, 3.05) is 5.75 Å². The number of rotatable bonds is 5. The van der Waals surface area contributed by atoms with Crippen molar-refractivity contribution < 1.29 is 9.00 Å². The summed E-state index contributed by atoms with van der Waals surface area (Å²) in [5.41, 5.74) is 6.35. The van der Waals surface area contributed by atoms with Crippen molar-refractivity contribution in [2.24, 2.45) is 11.7 Å². The van der Waals surface area contributed by atoms with Gasteiger partial charge in [0.1, 0.15) is 0 Å². The molecular weight excluding hydrogens is 222 g/mol. The van der Waals surface area contributed by atoms with E-state index in [0.29, 0.717) is 12.2 Å². The molecule has 0 fully saturated rings. The highest BCUT2D eigenvalue weighted by Crippen LogP contribution is 2.13. The van der Waals surface area contributed by atoms with Crippen LogP contribution in [0.2, 0.25) is 0 Å². The van der Waals surface area contributed by atoms with Gasteiger partial charge in [0.2, 0.25) is 5.91 Å². The number of amides is 1. The van der Waals surface area contributed by atoms with Crippen molar-refractivity contribution in [2.45, 2.75) is 25.2 Å². The lowest BCUT2D eigenvalue weighted by Crippen LogP contribution is -2.27. The van der Waals surface area contributed by atoms with E-state index in [1.807, 2.05) is 38.1 Å². The molecule has 0 saturated heterocycles. The summed E-state index contributed by atoms with van der Waals surface area (Å²) in [6.45, 7) is 3.85. The van der Waals surface area contributed by atoms with Gasteiger partial charge in [0.05, 0.1) is 10.8 Å². The van der Waals surface area contributed by atoms with Gasteiger partial charge >= 0.3 is 0 Å². The van der Waals surface area contributed by atoms with Crippen LogP contribution >= 0.6 is 0 Å². The minimum Gasteiger partial charge on any atom is -0.369 e.